The van der Waals surface area contributed by atoms with E-state index in [9.17, 15) is 0 Å². The Kier molecular flexibility index (Phi) is 6.50. The zero-order chi connectivity index (χ0) is 9.36. The predicted molar refractivity (Wildman–Crippen MR) is 57.8 cm³/mol. The minimum Gasteiger partial charge on any atom is -0.422 e. The zero-order valence-corrected chi connectivity index (χ0v) is 10.2. The lowest BCUT2D eigenvalue weighted by Gasteiger charge is -2.20. The van der Waals surface area contributed by atoms with Crippen LogP contribution in [0.2, 0.25) is 6.04 Å². The highest BCUT2D eigenvalue weighted by Crippen LogP contribution is 2.26. The normalized spacial score (nSPS) is 20.1. The van der Waals surface area contributed by atoms with Crippen LogP contribution in [-0.4, -0.2) is 30.1 Å². The third-order valence-corrected chi connectivity index (χ3v) is 4.46. The first-order valence-corrected chi connectivity index (χ1v) is 7.08. The Labute approximate surface area is 83.9 Å². The van der Waals surface area contributed by atoms with Crippen LogP contribution >= 0.6 is 0 Å². The molecule has 0 aliphatic heterocycles. The first-order chi connectivity index (χ1) is 6.43. The largest absolute Gasteiger partial charge is 0.422 e. The molecule has 0 aromatic carbocycles. The summed E-state index contributed by atoms with van der Waals surface area (Å²) in [5.41, 5.74) is 0. The van der Waals surface area contributed by atoms with Crippen LogP contribution in [0.3, 0.4) is 0 Å². The molecule has 1 fully saturated rings. The number of ether oxygens (including phenoxy) is 1. The Morgan fingerprint density at radius 1 is 1.15 bits per heavy atom. The van der Waals surface area contributed by atoms with Crippen molar-refractivity contribution in [1.29, 1.82) is 0 Å². The molecule has 0 bridgehead atoms. The second-order valence-electron chi connectivity index (χ2n) is 3.90. The molecule has 0 N–H and O–H groups in total. The molecule has 1 rings (SSSR count). The first kappa shape index (κ1) is 11.2. The predicted octanol–water partition coefficient (Wildman–Crippen LogP) is 1.73. The molecule has 0 amide bonds. The SMILES string of the molecule is COCCO[SiH2]CC1CCCCC1. The molecule has 0 aromatic rings. The topological polar surface area (TPSA) is 18.5 Å². The minimum atomic E-state index is -0.234. The summed E-state index contributed by atoms with van der Waals surface area (Å²) in [4.78, 5) is 0. The van der Waals surface area contributed by atoms with E-state index in [0.717, 1.165) is 19.1 Å². The molecule has 78 valence electrons. The summed E-state index contributed by atoms with van der Waals surface area (Å²) in [7, 11) is 1.49. The van der Waals surface area contributed by atoms with Gasteiger partial charge in [-0.15, -0.1) is 0 Å². The van der Waals surface area contributed by atoms with Gasteiger partial charge < -0.3 is 9.16 Å². The molecule has 0 unspecified atom stereocenters. The summed E-state index contributed by atoms with van der Waals surface area (Å²) in [6.45, 7) is 1.58. The minimum absolute atomic E-state index is 0.234. The summed E-state index contributed by atoms with van der Waals surface area (Å²) in [6, 6.07) is 1.39. The van der Waals surface area contributed by atoms with Crippen LogP contribution in [0.5, 0.6) is 0 Å². The van der Waals surface area contributed by atoms with Gasteiger partial charge in [-0.2, -0.15) is 0 Å². The standard InChI is InChI=1S/C10H22O2Si/c1-11-7-8-12-13-9-10-5-3-2-4-6-10/h10H,2-9,13H2,1H3. The zero-order valence-electron chi connectivity index (χ0n) is 8.76. The lowest BCUT2D eigenvalue weighted by Crippen LogP contribution is -2.12. The fourth-order valence-corrected chi connectivity index (χ4v) is 3.37. The van der Waals surface area contributed by atoms with Crippen LogP contribution in [0.1, 0.15) is 32.1 Å². The van der Waals surface area contributed by atoms with Crippen molar-refractivity contribution in [3.63, 3.8) is 0 Å². The Morgan fingerprint density at radius 3 is 2.62 bits per heavy atom. The van der Waals surface area contributed by atoms with Gasteiger partial charge in [0, 0.05) is 7.11 Å². The number of rotatable bonds is 6. The van der Waals surface area contributed by atoms with E-state index in [1.807, 2.05) is 0 Å². The summed E-state index contributed by atoms with van der Waals surface area (Å²) >= 11 is 0. The van der Waals surface area contributed by atoms with Crippen LogP contribution in [0.25, 0.3) is 0 Å². The van der Waals surface area contributed by atoms with Crippen molar-refractivity contribution in [1.82, 2.24) is 0 Å². The summed E-state index contributed by atoms with van der Waals surface area (Å²) in [6.07, 6.45) is 7.29. The lowest BCUT2D eigenvalue weighted by molar-refractivity contribution is 0.148. The maximum absolute atomic E-state index is 5.59. The molecule has 0 saturated heterocycles. The van der Waals surface area contributed by atoms with Gasteiger partial charge in [-0.3, -0.25) is 0 Å². The molecule has 1 aliphatic carbocycles. The average molecular weight is 202 g/mol. The van der Waals surface area contributed by atoms with E-state index in [1.165, 1.54) is 38.1 Å². The molecule has 13 heavy (non-hydrogen) atoms. The highest BCUT2D eigenvalue weighted by molar-refractivity contribution is 6.27. The molecule has 0 heterocycles. The Bertz CT molecular complexity index is 113. The smallest absolute Gasteiger partial charge is 0.161 e. The summed E-state index contributed by atoms with van der Waals surface area (Å²) in [5.74, 6) is 1.00. The van der Waals surface area contributed by atoms with Gasteiger partial charge in [-0.1, -0.05) is 32.1 Å². The van der Waals surface area contributed by atoms with Crippen molar-refractivity contribution in [2.45, 2.75) is 38.1 Å². The van der Waals surface area contributed by atoms with Crippen LogP contribution in [-0.2, 0) is 9.16 Å². The highest BCUT2D eigenvalue weighted by atomic mass is 28.2. The van der Waals surface area contributed by atoms with Gasteiger partial charge in [0.1, 0.15) is 0 Å². The van der Waals surface area contributed by atoms with Crippen molar-refractivity contribution >= 4 is 9.76 Å². The monoisotopic (exact) mass is 202 g/mol. The summed E-state index contributed by atoms with van der Waals surface area (Å²) < 4.78 is 10.5. The fraction of sp³-hybridized carbons (Fsp3) is 1.00. The van der Waals surface area contributed by atoms with Gasteiger partial charge in [0.15, 0.2) is 9.76 Å². The lowest BCUT2D eigenvalue weighted by atomic mass is 9.91. The van der Waals surface area contributed by atoms with Crippen molar-refractivity contribution in [3.05, 3.63) is 0 Å². The average Bonchev–Trinajstić information content (AvgIpc) is 2.19. The Morgan fingerprint density at radius 2 is 1.92 bits per heavy atom. The van der Waals surface area contributed by atoms with Gasteiger partial charge in [0.05, 0.1) is 13.2 Å². The Hall–Kier alpha value is 0.137. The molecule has 1 saturated carbocycles. The number of hydrogen-bond acceptors (Lipinski definition) is 2. The van der Waals surface area contributed by atoms with Crippen molar-refractivity contribution < 1.29 is 9.16 Å². The molecule has 1 aliphatic rings. The number of methoxy groups -OCH3 is 1. The van der Waals surface area contributed by atoms with E-state index in [2.05, 4.69) is 0 Å². The van der Waals surface area contributed by atoms with Crippen LogP contribution in [0.4, 0.5) is 0 Å². The van der Waals surface area contributed by atoms with Crippen LogP contribution in [0, 0.1) is 5.92 Å². The van der Waals surface area contributed by atoms with Gasteiger partial charge >= 0.3 is 0 Å². The molecule has 0 atom stereocenters. The van der Waals surface area contributed by atoms with E-state index in [4.69, 9.17) is 9.16 Å². The molecular weight excluding hydrogens is 180 g/mol. The van der Waals surface area contributed by atoms with Gasteiger partial charge in [0.2, 0.25) is 0 Å². The van der Waals surface area contributed by atoms with E-state index < -0.39 is 0 Å². The molecule has 0 spiro atoms. The fourth-order valence-electron chi connectivity index (χ4n) is 1.97. The maximum Gasteiger partial charge on any atom is 0.161 e. The van der Waals surface area contributed by atoms with E-state index in [1.54, 1.807) is 7.11 Å². The first-order valence-electron chi connectivity index (χ1n) is 5.50. The molecule has 2 nitrogen and oxygen atoms in total. The van der Waals surface area contributed by atoms with Gasteiger partial charge in [-0.05, 0) is 12.0 Å². The van der Waals surface area contributed by atoms with E-state index in [0.29, 0.717) is 0 Å². The molecular formula is C10H22O2Si. The van der Waals surface area contributed by atoms with Crippen LogP contribution in [0.15, 0.2) is 0 Å². The van der Waals surface area contributed by atoms with Gasteiger partial charge in [-0.25, -0.2) is 0 Å². The van der Waals surface area contributed by atoms with Crippen molar-refractivity contribution in [3.8, 4) is 0 Å². The third-order valence-electron chi connectivity index (χ3n) is 2.83. The number of hydrogen-bond donors (Lipinski definition) is 0. The summed E-state index contributed by atoms with van der Waals surface area (Å²) in [5, 5.41) is 0. The molecule has 0 radical (unpaired) electrons. The second kappa shape index (κ2) is 7.53. The third kappa shape index (κ3) is 5.44. The maximum atomic E-state index is 5.59. The van der Waals surface area contributed by atoms with Crippen LogP contribution < -0.4 is 0 Å². The molecule has 0 aromatic heterocycles. The second-order valence-corrected chi connectivity index (χ2v) is 5.29. The van der Waals surface area contributed by atoms with Gasteiger partial charge in [0.25, 0.3) is 0 Å². The molecule has 3 heteroatoms. The van der Waals surface area contributed by atoms with E-state index >= 15 is 0 Å². The van der Waals surface area contributed by atoms with Crippen molar-refractivity contribution in [2.75, 3.05) is 20.3 Å². The quantitative estimate of drug-likeness (QED) is 0.482. The highest BCUT2D eigenvalue weighted by Gasteiger charge is 2.12. The van der Waals surface area contributed by atoms with E-state index in [-0.39, 0.29) is 9.76 Å². The Balaban J connectivity index is 1.86. The van der Waals surface area contributed by atoms with Crippen molar-refractivity contribution in [2.24, 2.45) is 5.92 Å².